The summed E-state index contributed by atoms with van der Waals surface area (Å²) >= 11 is 0. The van der Waals surface area contributed by atoms with Gasteiger partial charge >= 0.3 is 6.29 Å². The summed E-state index contributed by atoms with van der Waals surface area (Å²) in [7, 11) is 0. The first-order chi connectivity index (χ1) is 8.02. The topological polar surface area (TPSA) is 44.5 Å². The first-order valence-corrected chi connectivity index (χ1v) is 5.67. The van der Waals surface area contributed by atoms with Gasteiger partial charge in [-0.1, -0.05) is 25.8 Å². The van der Waals surface area contributed by atoms with E-state index in [4.69, 9.17) is 5.73 Å². The maximum atomic E-state index is 12.8. The van der Waals surface area contributed by atoms with Crippen molar-refractivity contribution in [2.75, 3.05) is 0 Å². The number of rotatable bonds is 4. The van der Waals surface area contributed by atoms with Gasteiger partial charge in [0.1, 0.15) is 0 Å². The molecule has 2 rings (SSSR count). The van der Waals surface area contributed by atoms with Gasteiger partial charge in [0.25, 0.3) is 0 Å². The molecular formula is C12H16ClF2NO2. The number of hydrogen-bond acceptors (Lipinski definition) is 3. The fourth-order valence-corrected chi connectivity index (χ4v) is 1.79. The predicted octanol–water partition coefficient (Wildman–Crippen LogP) is 3.62. The van der Waals surface area contributed by atoms with Gasteiger partial charge in [0.2, 0.25) is 0 Å². The van der Waals surface area contributed by atoms with Crippen LogP contribution in [-0.4, -0.2) is 6.29 Å². The molecule has 0 aromatic heterocycles. The molecule has 1 aromatic rings. The van der Waals surface area contributed by atoms with Crippen LogP contribution in [0.15, 0.2) is 18.2 Å². The molecule has 1 heterocycles. The third-order valence-corrected chi connectivity index (χ3v) is 2.72. The lowest BCUT2D eigenvalue weighted by atomic mass is 10.0. The minimum absolute atomic E-state index is 0. The van der Waals surface area contributed by atoms with Crippen LogP contribution in [-0.2, 0) is 0 Å². The minimum atomic E-state index is -3.56. The van der Waals surface area contributed by atoms with Gasteiger partial charge in [-0.3, -0.25) is 0 Å². The molecule has 6 heteroatoms. The molecule has 0 spiro atoms. The lowest BCUT2D eigenvalue weighted by molar-refractivity contribution is -0.286. The Morgan fingerprint density at radius 1 is 1.28 bits per heavy atom. The van der Waals surface area contributed by atoms with E-state index < -0.39 is 6.29 Å². The SMILES string of the molecule is CCCC[C@@H](N)c1ccc2c(c1)OC(F)(F)O2.Cl. The van der Waals surface area contributed by atoms with E-state index in [-0.39, 0.29) is 29.9 Å². The van der Waals surface area contributed by atoms with Crippen molar-refractivity contribution in [3.63, 3.8) is 0 Å². The first-order valence-electron chi connectivity index (χ1n) is 5.67. The molecule has 18 heavy (non-hydrogen) atoms. The Morgan fingerprint density at radius 2 is 1.94 bits per heavy atom. The van der Waals surface area contributed by atoms with Crippen LogP contribution >= 0.6 is 12.4 Å². The highest BCUT2D eigenvalue weighted by Crippen LogP contribution is 2.42. The lowest BCUT2D eigenvalue weighted by Gasteiger charge is -2.11. The molecular weight excluding hydrogens is 264 g/mol. The van der Waals surface area contributed by atoms with Gasteiger partial charge in [-0.15, -0.1) is 21.2 Å². The number of hydrogen-bond donors (Lipinski definition) is 1. The lowest BCUT2D eigenvalue weighted by Crippen LogP contribution is -2.25. The van der Waals surface area contributed by atoms with E-state index in [0.717, 1.165) is 24.8 Å². The Hall–Kier alpha value is -1.07. The van der Waals surface area contributed by atoms with Gasteiger partial charge in [-0.25, -0.2) is 0 Å². The van der Waals surface area contributed by atoms with Crippen LogP contribution in [0.5, 0.6) is 11.5 Å². The summed E-state index contributed by atoms with van der Waals surface area (Å²) in [6.45, 7) is 2.08. The van der Waals surface area contributed by atoms with E-state index in [0.29, 0.717) is 0 Å². The summed E-state index contributed by atoms with van der Waals surface area (Å²) in [6, 6.07) is 4.54. The van der Waals surface area contributed by atoms with Gasteiger partial charge in [-0.05, 0) is 24.1 Å². The molecule has 0 amide bonds. The van der Waals surface area contributed by atoms with E-state index in [2.05, 4.69) is 16.4 Å². The van der Waals surface area contributed by atoms with E-state index >= 15 is 0 Å². The average Bonchev–Trinajstić information content (AvgIpc) is 2.58. The van der Waals surface area contributed by atoms with Crippen molar-refractivity contribution in [1.82, 2.24) is 0 Å². The van der Waals surface area contributed by atoms with Crippen molar-refractivity contribution in [2.24, 2.45) is 5.73 Å². The molecule has 0 radical (unpaired) electrons. The predicted molar refractivity (Wildman–Crippen MR) is 66.3 cm³/mol. The third kappa shape index (κ3) is 3.23. The first kappa shape index (κ1) is 15.0. The second-order valence-corrected chi connectivity index (χ2v) is 4.12. The van der Waals surface area contributed by atoms with Gasteiger partial charge in [-0.2, -0.15) is 0 Å². The summed E-state index contributed by atoms with van der Waals surface area (Å²) in [5.41, 5.74) is 6.75. The molecule has 0 unspecified atom stereocenters. The van der Waals surface area contributed by atoms with Crippen molar-refractivity contribution in [1.29, 1.82) is 0 Å². The second-order valence-electron chi connectivity index (χ2n) is 4.12. The van der Waals surface area contributed by atoms with E-state index in [1.165, 1.54) is 12.1 Å². The van der Waals surface area contributed by atoms with E-state index in [1.807, 2.05) is 0 Å². The molecule has 1 atom stereocenters. The van der Waals surface area contributed by atoms with E-state index in [1.54, 1.807) is 6.07 Å². The number of ether oxygens (including phenoxy) is 2. The highest BCUT2D eigenvalue weighted by Gasteiger charge is 2.43. The molecule has 3 nitrogen and oxygen atoms in total. The monoisotopic (exact) mass is 279 g/mol. The molecule has 102 valence electrons. The zero-order valence-electron chi connectivity index (χ0n) is 9.99. The third-order valence-electron chi connectivity index (χ3n) is 2.72. The molecule has 0 fully saturated rings. The largest absolute Gasteiger partial charge is 0.586 e. The molecule has 1 aromatic carbocycles. The quantitative estimate of drug-likeness (QED) is 0.915. The number of benzene rings is 1. The van der Waals surface area contributed by atoms with Crippen LogP contribution in [0.3, 0.4) is 0 Å². The normalized spacial score (nSPS) is 17.1. The Kier molecular flexibility index (Phi) is 4.76. The van der Waals surface area contributed by atoms with Crippen LogP contribution in [0.2, 0.25) is 0 Å². The number of fused-ring (bicyclic) bond motifs is 1. The summed E-state index contributed by atoms with van der Waals surface area (Å²) in [5, 5.41) is 0. The molecule has 1 aliphatic rings. The van der Waals surface area contributed by atoms with Gasteiger partial charge in [0.15, 0.2) is 11.5 Å². The highest BCUT2D eigenvalue weighted by atomic mass is 35.5. The van der Waals surface area contributed by atoms with E-state index in [9.17, 15) is 8.78 Å². The zero-order valence-corrected chi connectivity index (χ0v) is 10.8. The summed E-state index contributed by atoms with van der Waals surface area (Å²) < 4.78 is 34.3. The van der Waals surface area contributed by atoms with Crippen molar-refractivity contribution >= 4 is 12.4 Å². The van der Waals surface area contributed by atoms with Crippen LogP contribution in [0.4, 0.5) is 8.78 Å². The number of alkyl halides is 2. The summed E-state index contributed by atoms with van der Waals surface area (Å²) in [5.74, 6) is 0.112. The Bertz CT molecular complexity index is 415. The van der Waals surface area contributed by atoms with Crippen molar-refractivity contribution in [3.05, 3.63) is 23.8 Å². The van der Waals surface area contributed by atoms with Crippen LogP contribution in [0.1, 0.15) is 37.8 Å². The fraction of sp³-hybridized carbons (Fsp3) is 0.500. The van der Waals surface area contributed by atoms with Gasteiger partial charge < -0.3 is 15.2 Å². The molecule has 0 saturated heterocycles. The van der Waals surface area contributed by atoms with Crippen LogP contribution in [0, 0.1) is 0 Å². The fourth-order valence-electron chi connectivity index (χ4n) is 1.79. The minimum Gasteiger partial charge on any atom is -0.395 e. The average molecular weight is 280 g/mol. The Balaban J connectivity index is 0.00000162. The standard InChI is InChI=1S/C12H15F2NO2.ClH/c1-2-3-4-9(15)8-5-6-10-11(7-8)17-12(13,14)16-10;/h5-7,9H,2-4,15H2,1H3;1H/t9-;/m1./s1. The summed E-state index contributed by atoms with van der Waals surface area (Å²) in [6.07, 6.45) is -0.677. The number of halogens is 3. The highest BCUT2D eigenvalue weighted by molar-refractivity contribution is 5.85. The zero-order chi connectivity index (χ0) is 12.5. The van der Waals surface area contributed by atoms with Crippen molar-refractivity contribution in [3.8, 4) is 11.5 Å². The van der Waals surface area contributed by atoms with Crippen LogP contribution < -0.4 is 15.2 Å². The second kappa shape index (κ2) is 5.71. The molecule has 2 N–H and O–H groups in total. The number of nitrogens with two attached hydrogens (primary N) is 1. The number of unbranched alkanes of at least 4 members (excludes halogenated alkanes) is 1. The van der Waals surface area contributed by atoms with Gasteiger partial charge in [0, 0.05) is 6.04 Å². The maximum Gasteiger partial charge on any atom is 0.586 e. The molecule has 1 aliphatic heterocycles. The maximum absolute atomic E-state index is 12.8. The smallest absolute Gasteiger partial charge is 0.395 e. The summed E-state index contributed by atoms with van der Waals surface area (Å²) in [4.78, 5) is 0. The van der Waals surface area contributed by atoms with Crippen molar-refractivity contribution < 1.29 is 18.3 Å². The van der Waals surface area contributed by atoms with Gasteiger partial charge in [0.05, 0.1) is 0 Å². The van der Waals surface area contributed by atoms with Crippen molar-refractivity contribution in [2.45, 2.75) is 38.5 Å². The molecule has 0 saturated carbocycles. The Morgan fingerprint density at radius 3 is 2.61 bits per heavy atom. The molecule has 0 bridgehead atoms. The van der Waals surface area contributed by atoms with Crippen LogP contribution in [0.25, 0.3) is 0 Å². The molecule has 0 aliphatic carbocycles. The Labute approximate surface area is 111 Å².